The third kappa shape index (κ3) is 4.71. The summed E-state index contributed by atoms with van der Waals surface area (Å²) in [5.41, 5.74) is 0.361. The number of carbonyl (C=O) groups is 1. The van der Waals surface area contributed by atoms with Crippen LogP contribution in [0.4, 0.5) is 10.8 Å². The molecule has 1 amide bonds. The molecular weight excluding hydrogens is 423 g/mol. The highest BCUT2D eigenvalue weighted by Gasteiger charge is 2.22. The molecule has 1 N–H and O–H groups in total. The summed E-state index contributed by atoms with van der Waals surface area (Å²) in [6.07, 6.45) is 2.37. The van der Waals surface area contributed by atoms with Gasteiger partial charge in [0, 0.05) is 18.1 Å². The zero-order chi connectivity index (χ0) is 18.0. The number of benzene rings is 1. The average molecular weight is 438 g/mol. The molecule has 0 spiro atoms. The normalized spacial score (nSPS) is 15.4. The Labute approximate surface area is 169 Å². The van der Waals surface area contributed by atoms with E-state index < -0.39 is 0 Å². The smallest absolute Gasteiger partial charge is 0.237 e. The van der Waals surface area contributed by atoms with E-state index in [1.54, 1.807) is 6.92 Å². The molecule has 0 bridgehead atoms. The zero-order valence-corrected chi connectivity index (χ0v) is 17.2. The minimum atomic E-state index is -0.373. The van der Waals surface area contributed by atoms with E-state index in [0.717, 1.165) is 22.6 Å². The highest BCUT2D eigenvalue weighted by atomic mass is 35.5. The van der Waals surface area contributed by atoms with Crippen molar-refractivity contribution in [1.82, 2.24) is 10.2 Å². The molecule has 5 nitrogen and oxygen atoms in total. The maximum Gasteiger partial charge on any atom is 0.237 e. The minimum absolute atomic E-state index is 0.214. The summed E-state index contributed by atoms with van der Waals surface area (Å²) in [7, 11) is 0. The summed E-state index contributed by atoms with van der Waals surface area (Å²) in [5, 5.41) is 12.7. The topological polar surface area (TPSA) is 58.1 Å². The first kappa shape index (κ1) is 19.0. The molecule has 2 heterocycles. The number of carbonyl (C=O) groups excluding carboxylic acids is 1. The van der Waals surface area contributed by atoms with Crippen molar-refractivity contribution in [2.24, 2.45) is 0 Å². The van der Waals surface area contributed by atoms with Gasteiger partial charge in [-0.3, -0.25) is 4.79 Å². The maximum absolute atomic E-state index is 12.4. The SMILES string of the molecule is CC(Sc1nnc(N2CCCC2)s1)C(=O)Nc1c(Cl)cc(Cl)cc1Cl. The maximum atomic E-state index is 12.4. The molecule has 1 atom stereocenters. The molecule has 1 saturated heterocycles. The third-order valence-corrected chi connectivity index (χ3v) is 6.66. The first-order valence-electron chi connectivity index (χ1n) is 7.64. The van der Waals surface area contributed by atoms with Gasteiger partial charge < -0.3 is 10.2 Å². The van der Waals surface area contributed by atoms with Crippen LogP contribution in [0, 0.1) is 0 Å². The average Bonchev–Trinajstić information content (AvgIpc) is 3.21. The highest BCUT2D eigenvalue weighted by Crippen LogP contribution is 2.35. The van der Waals surface area contributed by atoms with Crippen LogP contribution in [0.3, 0.4) is 0 Å². The van der Waals surface area contributed by atoms with E-state index in [9.17, 15) is 4.79 Å². The van der Waals surface area contributed by atoms with Crippen molar-refractivity contribution >= 4 is 74.6 Å². The number of rotatable bonds is 5. The second-order valence-corrected chi connectivity index (χ2v) is 9.33. The predicted molar refractivity (Wildman–Crippen MR) is 107 cm³/mol. The van der Waals surface area contributed by atoms with Crippen molar-refractivity contribution < 1.29 is 4.79 Å². The molecule has 1 aliphatic rings. The van der Waals surface area contributed by atoms with Crippen LogP contribution in [0.5, 0.6) is 0 Å². The minimum Gasteiger partial charge on any atom is -0.347 e. The van der Waals surface area contributed by atoms with Gasteiger partial charge in [-0.25, -0.2) is 0 Å². The van der Waals surface area contributed by atoms with E-state index >= 15 is 0 Å². The second kappa shape index (κ2) is 8.31. The molecule has 10 heteroatoms. The van der Waals surface area contributed by atoms with Gasteiger partial charge in [0.15, 0.2) is 4.34 Å². The summed E-state index contributed by atoms with van der Waals surface area (Å²) in [6, 6.07) is 3.07. The quantitative estimate of drug-likeness (QED) is 0.650. The van der Waals surface area contributed by atoms with Crippen LogP contribution < -0.4 is 10.2 Å². The van der Waals surface area contributed by atoms with Gasteiger partial charge in [0.25, 0.3) is 0 Å². The van der Waals surface area contributed by atoms with E-state index in [4.69, 9.17) is 34.8 Å². The molecule has 2 aromatic rings. The number of nitrogens with zero attached hydrogens (tertiary/aromatic N) is 3. The van der Waals surface area contributed by atoms with Crippen molar-refractivity contribution in [3.05, 3.63) is 27.2 Å². The number of amides is 1. The lowest BCUT2D eigenvalue weighted by Crippen LogP contribution is -2.22. The van der Waals surface area contributed by atoms with E-state index in [1.165, 1.54) is 48.1 Å². The highest BCUT2D eigenvalue weighted by molar-refractivity contribution is 8.02. The number of aromatic nitrogens is 2. The van der Waals surface area contributed by atoms with Crippen LogP contribution in [-0.4, -0.2) is 34.4 Å². The monoisotopic (exact) mass is 436 g/mol. The number of anilines is 2. The van der Waals surface area contributed by atoms with E-state index in [-0.39, 0.29) is 11.2 Å². The number of hydrogen-bond donors (Lipinski definition) is 1. The molecule has 25 heavy (non-hydrogen) atoms. The van der Waals surface area contributed by atoms with Crippen molar-refractivity contribution in [3.63, 3.8) is 0 Å². The molecule has 1 fully saturated rings. The fourth-order valence-corrected chi connectivity index (χ4v) is 5.33. The van der Waals surface area contributed by atoms with Gasteiger partial charge in [-0.2, -0.15) is 0 Å². The van der Waals surface area contributed by atoms with E-state index in [0.29, 0.717) is 20.8 Å². The molecule has 1 aliphatic heterocycles. The molecule has 1 unspecified atom stereocenters. The number of hydrogen-bond acceptors (Lipinski definition) is 6. The Bertz CT molecular complexity index is 757. The summed E-state index contributed by atoms with van der Waals surface area (Å²) in [4.78, 5) is 14.7. The second-order valence-electron chi connectivity index (χ2n) is 5.54. The summed E-state index contributed by atoms with van der Waals surface area (Å²) < 4.78 is 0.762. The lowest BCUT2D eigenvalue weighted by Gasteiger charge is -2.13. The Morgan fingerprint density at radius 2 is 1.88 bits per heavy atom. The Kier molecular flexibility index (Phi) is 6.33. The van der Waals surface area contributed by atoms with Crippen LogP contribution >= 0.6 is 57.9 Å². The van der Waals surface area contributed by atoms with Crippen molar-refractivity contribution in [1.29, 1.82) is 0 Å². The van der Waals surface area contributed by atoms with Crippen LogP contribution in [-0.2, 0) is 4.79 Å². The summed E-state index contributed by atoms with van der Waals surface area (Å²) in [6.45, 7) is 3.83. The molecule has 1 aromatic heterocycles. The van der Waals surface area contributed by atoms with Gasteiger partial charge in [-0.15, -0.1) is 10.2 Å². The van der Waals surface area contributed by atoms with Crippen molar-refractivity contribution in [3.8, 4) is 0 Å². The fourth-order valence-electron chi connectivity index (χ4n) is 2.38. The lowest BCUT2D eigenvalue weighted by molar-refractivity contribution is -0.115. The van der Waals surface area contributed by atoms with Crippen LogP contribution in [0.2, 0.25) is 15.1 Å². The van der Waals surface area contributed by atoms with E-state index in [1.807, 2.05) is 0 Å². The molecule has 0 radical (unpaired) electrons. The Hall–Kier alpha value is -0.730. The van der Waals surface area contributed by atoms with Crippen molar-refractivity contribution in [2.75, 3.05) is 23.3 Å². The molecular formula is C15H15Cl3N4OS2. The number of nitrogens with one attached hydrogen (secondary N) is 1. The van der Waals surface area contributed by atoms with Crippen LogP contribution in [0.25, 0.3) is 0 Å². The van der Waals surface area contributed by atoms with Gasteiger partial charge in [-0.1, -0.05) is 57.9 Å². The predicted octanol–water partition coefficient (Wildman–Crippen LogP) is 5.22. The molecule has 0 saturated carbocycles. The standard InChI is InChI=1S/C15H15Cl3N4OS2/c1-8(13(23)19-12-10(17)6-9(16)7-11(12)18)24-15-21-20-14(25-15)22-4-2-3-5-22/h6-8H,2-5H2,1H3,(H,19,23). The van der Waals surface area contributed by atoms with E-state index in [2.05, 4.69) is 20.4 Å². The van der Waals surface area contributed by atoms with Gasteiger partial charge >= 0.3 is 0 Å². The largest absolute Gasteiger partial charge is 0.347 e. The van der Waals surface area contributed by atoms with Crippen LogP contribution in [0.1, 0.15) is 19.8 Å². The van der Waals surface area contributed by atoms with Gasteiger partial charge in [0.2, 0.25) is 11.0 Å². The molecule has 3 rings (SSSR count). The molecule has 0 aliphatic carbocycles. The zero-order valence-electron chi connectivity index (χ0n) is 13.3. The Balaban J connectivity index is 1.63. The lowest BCUT2D eigenvalue weighted by atomic mass is 10.3. The van der Waals surface area contributed by atoms with Crippen molar-refractivity contribution in [2.45, 2.75) is 29.4 Å². The number of thioether (sulfide) groups is 1. The molecule has 134 valence electrons. The van der Waals surface area contributed by atoms with Gasteiger partial charge in [0.05, 0.1) is 21.0 Å². The van der Waals surface area contributed by atoms with Gasteiger partial charge in [0.1, 0.15) is 0 Å². The Morgan fingerprint density at radius 1 is 1.24 bits per heavy atom. The Morgan fingerprint density at radius 3 is 2.52 bits per heavy atom. The first-order chi connectivity index (χ1) is 11.9. The molecule has 1 aromatic carbocycles. The first-order valence-corrected chi connectivity index (χ1v) is 10.5. The summed E-state index contributed by atoms with van der Waals surface area (Å²) in [5.74, 6) is -0.214. The van der Waals surface area contributed by atoms with Gasteiger partial charge in [-0.05, 0) is 31.9 Å². The summed E-state index contributed by atoms with van der Waals surface area (Å²) >= 11 is 21.0. The van der Waals surface area contributed by atoms with Crippen LogP contribution in [0.15, 0.2) is 16.5 Å². The third-order valence-electron chi connectivity index (χ3n) is 3.67. The number of halogens is 3. The fraction of sp³-hybridized carbons (Fsp3) is 0.400.